The minimum absolute atomic E-state index is 0.0352. The second-order valence-electron chi connectivity index (χ2n) is 5.13. The lowest BCUT2D eigenvalue weighted by Gasteiger charge is -2.33. The Morgan fingerprint density at radius 3 is 2.55 bits per heavy atom. The number of halogens is 1. The van der Waals surface area contributed by atoms with Crippen LogP contribution in [0.2, 0.25) is 0 Å². The molecule has 0 amide bonds. The quantitative estimate of drug-likeness (QED) is 0.848. The Morgan fingerprint density at radius 1 is 1.05 bits per heavy atom. The van der Waals surface area contributed by atoms with Gasteiger partial charge in [-0.3, -0.25) is 4.90 Å². The molecule has 0 spiro atoms. The molecular weight excluding hydrogens is 253 g/mol. The van der Waals surface area contributed by atoms with Crippen LogP contribution in [0.1, 0.15) is 17.2 Å². The van der Waals surface area contributed by atoms with Crippen molar-refractivity contribution in [2.75, 3.05) is 19.7 Å². The zero-order valence-corrected chi connectivity index (χ0v) is 11.3. The molecule has 104 valence electrons. The molecule has 1 fully saturated rings. The van der Waals surface area contributed by atoms with Gasteiger partial charge in [-0.25, -0.2) is 4.39 Å². The van der Waals surface area contributed by atoms with Crippen LogP contribution in [0.3, 0.4) is 0 Å². The van der Waals surface area contributed by atoms with Crippen molar-refractivity contribution in [1.29, 1.82) is 0 Å². The van der Waals surface area contributed by atoms with Gasteiger partial charge in [0.15, 0.2) is 0 Å². The highest BCUT2D eigenvalue weighted by Gasteiger charge is 2.21. The lowest BCUT2D eigenvalue weighted by atomic mass is 10.1. The average Bonchev–Trinajstić information content (AvgIpc) is 2.49. The van der Waals surface area contributed by atoms with Gasteiger partial charge in [0.05, 0.1) is 12.7 Å². The third-order valence-electron chi connectivity index (χ3n) is 3.64. The summed E-state index contributed by atoms with van der Waals surface area (Å²) >= 11 is 0. The van der Waals surface area contributed by atoms with Crippen LogP contribution in [-0.2, 0) is 11.3 Å². The first-order valence-corrected chi connectivity index (χ1v) is 6.94. The van der Waals surface area contributed by atoms with Gasteiger partial charge in [0.2, 0.25) is 0 Å². The van der Waals surface area contributed by atoms with E-state index in [2.05, 4.69) is 29.2 Å². The maximum Gasteiger partial charge on any atom is 0.123 e. The number of ether oxygens (including phenoxy) is 1. The third-order valence-corrected chi connectivity index (χ3v) is 3.64. The van der Waals surface area contributed by atoms with Crippen molar-refractivity contribution in [3.63, 3.8) is 0 Å². The number of benzene rings is 2. The maximum atomic E-state index is 13.0. The molecule has 1 unspecified atom stereocenters. The smallest absolute Gasteiger partial charge is 0.123 e. The molecule has 1 aliphatic rings. The second-order valence-corrected chi connectivity index (χ2v) is 5.13. The van der Waals surface area contributed by atoms with E-state index in [0.29, 0.717) is 0 Å². The molecular formula is C17H18FNO. The van der Waals surface area contributed by atoms with Crippen molar-refractivity contribution in [2.24, 2.45) is 0 Å². The summed E-state index contributed by atoms with van der Waals surface area (Å²) in [7, 11) is 0. The van der Waals surface area contributed by atoms with Gasteiger partial charge in [0, 0.05) is 19.6 Å². The van der Waals surface area contributed by atoms with Crippen LogP contribution in [-0.4, -0.2) is 24.6 Å². The van der Waals surface area contributed by atoms with Crippen LogP contribution in [0, 0.1) is 5.82 Å². The fraction of sp³-hybridized carbons (Fsp3) is 0.294. The number of hydrogen-bond acceptors (Lipinski definition) is 2. The van der Waals surface area contributed by atoms with E-state index in [0.717, 1.165) is 31.8 Å². The van der Waals surface area contributed by atoms with E-state index in [1.807, 2.05) is 18.2 Å². The molecule has 0 radical (unpaired) electrons. The van der Waals surface area contributed by atoms with Gasteiger partial charge < -0.3 is 4.74 Å². The Morgan fingerprint density at radius 2 is 1.80 bits per heavy atom. The summed E-state index contributed by atoms with van der Waals surface area (Å²) in [5, 5.41) is 0. The van der Waals surface area contributed by atoms with Gasteiger partial charge in [-0.05, 0) is 23.3 Å². The monoisotopic (exact) mass is 271 g/mol. The van der Waals surface area contributed by atoms with Crippen molar-refractivity contribution in [1.82, 2.24) is 4.90 Å². The summed E-state index contributed by atoms with van der Waals surface area (Å²) in [5.41, 5.74) is 2.36. The van der Waals surface area contributed by atoms with E-state index in [4.69, 9.17) is 4.74 Å². The molecule has 20 heavy (non-hydrogen) atoms. The summed E-state index contributed by atoms with van der Waals surface area (Å²) in [6.07, 6.45) is 0.0352. The fourth-order valence-corrected chi connectivity index (χ4v) is 2.57. The largest absolute Gasteiger partial charge is 0.371 e. The number of rotatable bonds is 3. The first kappa shape index (κ1) is 13.3. The van der Waals surface area contributed by atoms with Crippen LogP contribution in [0.25, 0.3) is 0 Å². The molecule has 0 aromatic heterocycles. The Hall–Kier alpha value is -1.71. The van der Waals surface area contributed by atoms with E-state index in [9.17, 15) is 4.39 Å². The minimum atomic E-state index is -0.203. The third kappa shape index (κ3) is 3.24. The van der Waals surface area contributed by atoms with Crippen molar-refractivity contribution in [2.45, 2.75) is 12.6 Å². The Bertz CT molecular complexity index is 541. The summed E-state index contributed by atoms with van der Waals surface area (Å²) in [6, 6.07) is 17.1. The van der Waals surface area contributed by atoms with Gasteiger partial charge in [-0.2, -0.15) is 0 Å². The van der Waals surface area contributed by atoms with Crippen molar-refractivity contribution >= 4 is 0 Å². The van der Waals surface area contributed by atoms with E-state index < -0.39 is 0 Å². The van der Waals surface area contributed by atoms with Crippen molar-refractivity contribution in [3.05, 3.63) is 71.5 Å². The molecule has 1 saturated heterocycles. The van der Waals surface area contributed by atoms with E-state index in [-0.39, 0.29) is 11.9 Å². The highest BCUT2D eigenvalue weighted by atomic mass is 19.1. The van der Waals surface area contributed by atoms with Gasteiger partial charge >= 0.3 is 0 Å². The van der Waals surface area contributed by atoms with Crippen LogP contribution < -0.4 is 0 Å². The highest BCUT2D eigenvalue weighted by Crippen LogP contribution is 2.23. The molecule has 1 heterocycles. The molecule has 0 saturated carbocycles. The zero-order valence-electron chi connectivity index (χ0n) is 11.3. The van der Waals surface area contributed by atoms with Gasteiger partial charge in [-0.15, -0.1) is 0 Å². The predicted octanol–water partition coefficient (Wildman–Crippen LogP) is 3.40. The summed E-state index contributed by atoms with van der Waals surface area (Å²) < 4.78 is 18.8. The molecule has 2 aromatic carbocycles. The minimum Gasteiger partial charge on any atom is -0.371 e. The Kier molecular flexibility index (Phi) is 4.09. The van der Waals surface area contributed by atoms with E-state index in [1.165, 1.54) is 17.7 Å². The lowest BCUT2D eigenvalue weighted by Crippen LogP contribution is -2.37. The average molecular weight is 271 g/mol. The molecule has 1 atom stereocenters. The second kappa shape index (κ2) is 6.16. The van der Waals surface area contributed by atoms with E-state index in [1.54, 1.807) is 0 Å². The standard InChI is InChI=1S/C17H18FNO/c18-16-8-6-15(7-9-16)17-13-19(10-11-20-17)12-14-4-2-1-3-5-14/h1-9,17H,10-13H2. The first-order chi connectivity index (χ1) is 9.81. The van der Waals surface area contributed by atoms with Gasteiger partial charge in [0.1, 0.15) is 5.82 Å². The predicted molar refractivity (Wildman–Crippen MR) is 76.8 cm³/mol. The topological polar surface area (TPSA) is 12.5 Å². The van der Waals surface area contributed by atoms with Gasteiger partial charge in [-0.1, -0.05) is 42.5 Å². The molecule has 3 rings (SSSR count). The summed E-state index contributed by atoms with van der Waals surface area (Å²) in [5.74, 6) is -0.203. The van der Waals surface area contributed by atoms with Crippen LogP contribution in [0.5, 0.6) is 0 Å². The number of hydrogen-bond donors (Lipinski definition) is 0. The van der Waals surface area contributed by atoms with Crippen LogP contribution >= 0.6 is 0 Å². The Labute approximate surface area is 118 Å². The highest BCUT2D eigenvalue weighted by molar-refractivity contribution is 5.20. The number of nitrogens with zero attached hydrogens (tertiary/aromatic N) is 1. The van der Waals surface area contributed by atoms with Crippen molar-refractivity contribution in [3.8, 4) is 0 Å². The molecule has 2 nitrogen and oxygen atoms in total. The molecule has 2 aromatic rings. The van der Waals surface area contributed by atoms with Crippen LogP contribution in [0.4, 0.5) is 4.39 Å². The SMILES string of the molecule is Fc1ccc(C2CN(Cc3ccccc3)CCO2)cc1. The van der Waals surface area contributed by atoms with E-state index >= 15 is 0 Å². The molecule has 3 heteroatoms. The molecule has 0 aliphatic carbocycles. The summed E-state index contributed by atoms with van der Waals surface area (Å²) in [4.78, 5) is 2.38. The van der Waals surface area contributed by atoms with Gasteiger partial charge in [0.25, 0.3) is 0 Å². The maximum absolute atomic E-state index is 13.0. The lowest BCUT2D eigenvalue weighted by molar-refractivity contribution is -0.0329. The van der Waals surface area contributed by atoms with Crippen LogP contribution in [0.15, 0.2) is 54.6 Å². The number of morpholine rings is 1. The zero-order chi connectivity index (χ0) is 13.8. The summed E-state index contributed by atoms with van der Waals surface area (Å²) in [6.45, 7) is 3.43. The van der Waals surface area contributed by atoms with Crippen molar-refractivity contribution < 1.29 is 9.13 Å². The molecule has 1 aliphatic heterocycles. The Balaban J connectivity index is 1.66. The molecule has 0 bridgehead atoms. The first-order valence-electron chi connectivity index (χ1n) is 6.94. The normalized spacial score (nSPS) is 19.9. The fourth-order valence-electron chi connectivity index (χ4n) is 2.57. The molecule has 0 N–H and O–H groups in total.